The maximum absolute atomic E-state index is 15.4. The number of ketones is 1. The summed E-state index contributed by atoms with van der Waals surface area (Å²) in [5.41, 5.74) is -12.2. The van der Waals surface area contributed by atoms with Gasteiger partial charge in [0, 0.05) is 16.7 Å². The summed E-state index contributed by atoms with van der Waals surface area (Å²) in [4.78, 5) is 12.5. The summed E-state index contributed by atoms with van der Waals surface area (Å²) in [6, 6.07) is 16.6. The Kier molecular flexibility index (Phi) is 13.5. The molecule has 0 saturated heterocycles. The average molecular weight is 952 g/mol. The molecule has 338 valence electrons. The lowest BCUT2D eigenvalue weighted by atomic mass is 9.12. The molecule has 0 atom stereocenters. The fourth-order valence-electron chi connectivity index (χ4n) is 6.86. The number of carbonyl (C=O) groups excluding carboxylic acids is 1. The number of hydrogen-bond acceptors (Lipinski definition) is 2. The van der Waals surface area contributed by atoms with Crippen molar-refractivity contribution in [2.75, 3.05) is 12.5 Å². The predicted molar refractivity (Wildman–Crippen MR) is 189 cm³/mol. The van der Waals surface area contributed by atoms with Crippen molar-refractivity contribution in [2.45, 2.75) is 5.75 Å². The van der Waals surface area contributed by atoms with E-state index in [1.807, 2.05) is 36.4 Å². The van der Waals surface area contributed by atoms with Crippen molar-refractivity contribution in [1.82, 2.24) is 0 Å². The van der Waals surface area contributed by atoms with E-state index in [9.17, 15) is 61.7 Å². The van der Waals surface area contributed by atoms with Gasteiger partial charge in [0.05, 0.1) is 9.93 Å². The van der Waals surface area contributed by atoms with Crippen LogP contribution in [-0.2, 0) is 19.9 Å². The van der Waals surface area contributed by atoms with Crippen LogP contribution in [0.2, 0.25) is 0 Å². The maximum Gasteiger partial charge on any atom is 0.200 e. The Balaban J connectivity index is 0.000000337. The Morgan fingerprint density at radius 3 is 0.875 bits per heavy atom. The third-order valence-electron chi connectivity index (χ3n) is 9.51. The van der Waals surface area contributed by atoms with E-state index >= 15 is 35.1 Å². The summed E-state index contributed by atoms with van der Waals surface area (Å²) in [6.45, 7) is 0. The van der Waals surface area contributed by atoms with Crippen molar-refractivity contribution < 1.29 is 96.8 Å². The molecule has 6 aromatic carbocycles. The zero-order valence-electron chi connectivity index (χ0n) is 31.3. The Labute approximate surface area is 346 Å². The lowest BCUT2D eigenvalue weighted by Crippen LogP contribution is -2.81. The van der Waals surface area contributed by atoms with Gasteiger partial charge in [0.2, 0.25) is 0 Å². The molecule has 0 radical (unpaired) electrons. The number of carbonyl (C=O) groups is 1. The highest BCUT2D eigenvalue weighted by Crippen LogP contribution is 2.31. The molecule has 64 heavy (non-hydrogen) atoms. The standard InChI is InChI=1S/C24BF20.C16H17O2S/c26-5-1(6(27)14(35)21(42)13(5)34)25(2-7(28)15(36)22(43)16(37)8(2)29,3-9(30)17(38)23(44)18(39)10(3)31)4-11(32)19(40)24(45)20(41)12(4)33;1-19(2,18)12-14-10-6-7-11-15(14)16(17)13-8-4-3-5-9-13/h;3-11H,12H2,1-2H3/q-1;+1. The highest BCUT2D eigenvalue weighted by molar-refractivity contribution is 8.00. The minimum atomic E-state index is -7.22. The topological polar surface area (TPSA) is 34.1 Å². The van der Waals surface area contributed by atoms with Crippen molar-refractivity contribution in [1.29, 1.82) is 0 Å². The van der Waals surface area contributed by atoms with Crippen LogP contribution < -0.4 is 21.9 Å². The minimum absolute atomic E-state index is 0.0140. The van der Waals surface area contributed by atoms with Gasteiger partial charge in [0.1, 0.15) is 70.9 Å². The maximum atomic E-state index is 15.4. The summed E-state index contributed by atoms with van der Waals surface area (Å²) >= 11 is 0. The molecule has 2 nitrogen and oxygen atoms in total. The molecule has 6 aromatic rings. The van der Waals surface area contributed by atoms with Gasteiger partial charge in [-0.2, -0.15) is 0 Å². The molecule has 0 fully saturated rings. The monoisotopic (exact) mass is 952 g/mol. The van der Waals surface area contributed by atoms with E-state index in [0.29, 0.717) is 16.9 Å². The van der Waals surface area contributed by atoms with Gasteiger partial charge < -0.3 is 0 Å². The van der Waals surface area contributed by atoms with E-state index in [1.165, 1.54) is 0 Å². The van der Waals surface area contributed by atoms with Crippen molar-refractivity contribution >= 4 is 43.7 Å². The molecule has 0 bridgehead atoms. The van der Waals surface area contributed by atoms with Crippen LogP contribution in [0.15, 0.2) is 54.6 Å². The van der Waals surface area contributed by atoms with Gasteiger partial charge in [-0.15, -0.1) is 26.1 Å². The molecule has 0 heterocycles. The number of rotatable bonds is 8. The van der Waals surface area contributed by atoms with Gasteiger partial charge in [0.15, 0.2) is 75.6 Å². The molecule has 0 amide bonds. The average Bonchev–Trinajstić information content (AvgIpc) is 3.26. The van der Waals surface area contributed by atoms with Crippen LogP contribution in [0, 0.1) is 116 Å². The minimum Gasteiger partial charge on any atom is -0.289 e. The quantitative estimate of drug-likeness (QED) is 0.0382. The van der Waals surface area contributed by atoms with Gasteiger partial charge in [-0.05, 0) is 0 Å². The van der Waals surface area contributed by atoms with Crippen molar-refractivity contribution in [3.63, 3.8) is 0 Å². The third kappa shape index (κ3) is 7.88. The lowest BCUT2D eigenvalue weighted by molar-refractivity contribution is 0.103. The first-order chi connectivity index (χ1) is 29.7. The van der Waals surface area contributed by atoms with Crippen LogP contribution in [-0.4, -0.2) is 24.4 Å². The molecule has 0 aliphatic heterocycles. The highest BCUT2D eigenvalue weighted by atomic mass is 32.2. The lowest BCUT2D eigenvalue weighted by Gasteiger charge is -2.44. The Morgan fingerprint density at radius 2 is 0.609 bits per heavy atom. The molecule has 0 saturated carbocycles. The largest absolute Gasteiger partial charge is 0.289 e. The molecule has 0 aliphatic carbocycles. The first-order valence-corrected chi connectivity index (χ1v) is 19.5. The molecule has 0 unspecified atom stereocenters. The summed E-state index contributed by atoms with van der Waals surface area (Å²) in [5, 5.41) is 0. The van der Waals surface area contributed by atoms with Gasteiger partial charge in [-0.25, -0.2) is 87.8 Å². The fourth-order valence-corrected chi connectivity index (χ4v) is 7.86. The summed E-state index contributed by atoms with van der Waals surface area (Å²) in [7, 11) is -1.92. The molecule has 0 spiro atoms. The number of halogens is 20. The summed E-state index contributed by atoms with van der Waals surface area (Å²) in [6.07, 6.45) is -3.78. The molecular weight excluding hydrogens is 935 g/mol. The zero-order chi connectivity index (χ0) is 48.2. The molecular formula is C40H17BF20O2S. The molecule has 6 rings (SSSR count). The fraction of sp³-hybridized carbons (Fsp3) is 0.0750. The second kappa shape index (κ2) is 17.8. The third-order valence-corrected chi connectivity index (χ3v) is 10.5. The molecule has 0 aromatic heterocycles. The van der Waals surface area contributed by atoms with E-state index in [-0.39, 0.29) is 5.78 Å². The van der Waals surface area contributed by atoms with Gasteiger partial charge in [0.25, 0.3) is 0 Å². The smallest absolute Gasteiger partial charge is 0.200 e. The zero-order valence-corrected chi connectivity index (χ0v) is 32.1. The van der Waals surface area contributed by atoms with Crippen LogP contribution in [0.3, 0.4) is 0 Å². The van der Waals surface area contributed by atoms with Crippen molar-refractivity contribution in [3.05, 3.63) is 188 Å². The van der Waals surface area contributed by atoms with Crippen LogP contribution in [0.4, 0.5) is 87.8 Å². The van der Waals surface area contributed by atoms with Gasteiger partial charge in [-0.3, -0.25) is 4.79 Å². The second-order valence-corrected chi connectivity index (χ2v) is 16.9. The first kappa shape index (κ1) is 48.8. The second-order valence-electron chi connectivity index (χ2n) is 13.7. The van der Waals surface area contributed by atoms with E-state index in [2.05, 4.69) is 0 Å². The van der Waals surface area contributed by atoms with Crippen LogP contribution in [0.1, 0.15) is 21.5 Å². The summed E-state index contributed by atoms with van der Waals surface area (Å²) in [5.74, 6) is -71.0. The van der Waals surface area contributed by atoms with Crippen LogP contribution in [0.25, 0.3) is 0 Å². The van der Waals surface area contributed by atoms with Crippen molar-refractivity contribution in [2.24, 2.45) is 0 Å². The highest BCUT2D eigenvalue weighted by Gasteiger charge is 2.52. The van der Waals surface area contributed by atoms with E-state index in [1.54, 1.807) is 30.7 Å². The van der Waals surface area contributed by atoms with E-state index in [4.69, 9.17) is 0 Å². The molecule has 0 aliphatic rings. The molecule has 0 N–H and O–H groups in total. The Morgan fingerprint density at radius 1 is 0.375 bits per heavy atom. The van der Waals surface area contributed by atoms with Crippen LogP contribution in [0.5, 0.6) is 0 Å². The summed E-state index contributed by atoms with van der Waals surface area (Å²) < 4.78 is 306. The SMILES string of the molecule is C[S+](C)(=O)Cc1ccccc1C(=O)c1ccccc1.Fc1c(F)c(F)c([B-](c2c(F)c(F)c(F)c(F)c2F)(c2c(F)c(F)c(F)c(F)c2F)c2c(F)c(F)c(F)c(F)c2F)c(F)c1F. The Hall–Kier alpha value is -6.20. The van der Waals surface area contributed by atoms with Crippen LogP contribution >= 0.6 is 0 Å². The van der Waals surface area contributed by atoms with E-state index < -0.39 is 154 Å². The first-order valence-electron chi connectivity index (χ1n) is 17.0. The number of benzene rings is 6. The van der Waals surface area contributed by atoms with Crippen molar-refractivity contribution in [3.8, 4) is 0 Å². The normalized spacial score (nSPS) is 11.8. The van der Waals surface area contributed by atoms with Gasteiger partial charge >= 0.3 is 0 Å². The number of hydrogen-bond donors (Lipinski definition) is 0. The Bertz CT molecular complexity index is 2560. The molecule has 24 heteroatoms. The van der Waals surface area contributed by atoms with Gasteiger partial charge in [-0.1, -0.05) is 54.6 Å². The predicted octanol–water partition coefficient (Wildman–Crippen LogP) is 9.02. The van der Waals surface area contributed by atoms with E-state index in [0.717, 1.165) is 5.56 Å².